The van der Waals surface area contributed by atoms with Crippen LogP contribution in [0.2, 0.25) is 0 Å². The lowest BCUT2D eigenvalue weighted by atomic mass is 9.88. The molecule has 2 aromatic carbocycles. The lowest BCUT2D eigenvalue weighted by Gasteiger charge is -2.17. The van der Waals surface area contributed by atoms with Crippen molar-refractivity contribution < 1.29 is 18.8 Å². The van der Waals surface area contributed by atoms with Gasteiger partial charge in [0, 0.05) is 24.9 Å². The Morgan fingerprint density at radius 1 is 1.04 bits per heavy atom. The smallest absolute Gasteiger partial charge is 0.231 e. The van der Waals surface area contributed by atoms with Crippen molar-refractivity contribution in [3.05, 3.63) is 71.9 Å². The van der Waals surface area contributed by atoms with E-state index in [-0.39, 0.29) is 24.5 Å². The minimum absolute atomic E-state index is 0.0156. The number of likely N-dealkylation sites (tertiary alicyclic amines) is 1. The number of carbonyl (C=O) groups excluding carboxylic acids is 1. The molecule has 7 nitrogen and oxygen atoms in total. The molecule has 2 aliphatic heterocycles. The van der Waals surface area contributed by atoms with Crippen LogP contribution in [-0.4, -0.2) is 40.8 Å². The Kier molecular flexibility index (Phi) is 4.20. The molecule has 0 N–H and O–H groups in total. The van der Waals surface area contributed by atoms with Gasteiger partial charge in [-0.25, -0.2) is 0 Å². The number of hydrogen-bond donors (Lipinski definition) is 0. The first-order valence-corrected chi connectivity index (χ1v) is 9.25. The van der Waals surface area contributed by atoms with Crippen molar-refractivity contribution >= 4 is 5.91 Å². The molecule has 0 aliphatic carbocycles. The zero-order chi connectivity index (χ0) is 18.9. The molecule has 1 amide bonds. The molecule has 142 valence electrons. The maximum atomic E-state index is 13.0. The molecular weight excluding hydrogens is 358 g/mol. The lowest BCUT2D eigenvalue weighted by molar-refractivity contribution is -0.129. The Bertz CT molecular complexity index is 975. The van der Waals surface area contributed by atoms with Crippen molar-refractivity contribution in [3.8, 4) is 11.5 Å². The first kappa shape index (κ1) is 16.8. The zero-order valence-electron chi connectivity index (χ0n) is 15.2. The highest BCUT2D eigenvalue weighted by Crippen LogP contribution is 2.39. The van der Waals surface area contributed by atoms with E-state index in [9.17, 15) is 4.79 Å². The van der Waals surface area contributed by atoms with Crippen LogP contribution in [0.5, 0.6) is 11.5 Å². The number of aromatic nitrogens is 2. The first-order valence-electron chi connectivity index (χ1n) is 9.25. The molecule has 0 saturated carbocycles. The maximum Gasteiger partial charge on any atom is 0.231 e. The van der Waals surface area contributed by atoms with E-state index >= 15 is 0 Å². The van der Waals surface area contributed by atoms with Gasteiger partial charge in [-0.3, -0.25) is 4.79 Å². The SMILES string of the molecule is O=C(Cc1ccc2c(c1)OCO2)N1C[C@H](c2ncon2)[C@H](c2ccccc2)C1. The van der Waals surface area contributed by atoms with Gasteiger partial charge in [0.15, 0.2) is 17.3 Å². The Balaban J connectivity index is 1.36. The summed E-state index contributed by atoms with van der Waals surface area (Å²) in [7, 11) is 0. The van der Waals surface area contributed by atoms with Crippen molar-refractivity contribution in [3.63, 3.8) is 0 Å². The molecule has 7 heteroatoms. The summed E-state index contributed by atoms with van der Waals surface area (Å²) in [6, 6.07) is 15.8. The third-order valence-corrected chi connectivity index (χ3v) is 5.40. The van der Waals surface area contributed by atoms with Crippen LogP contribution >= 0.6 is 0 Å². The summed E-state index contributed by atoms with van der Waals surface area (Å²) in [4.78, 5) is 19.1. The van der Waals surface area contributed by atoms with Gasteiger partial charge < -0.3 is 18.9 Å². The minimum atomic E-state index is 0.0156. The maximum absolute atomic E-state index is 13.0. The van der Waals surface area contributed by atoms with E-state index in [0.29, 0.717) is 31.1 Å². The van der Waals surface area contributed by atoms with Gasteiger partial charge in [0.2, 0.25) is 19.1 Å². The summed E-state index contributed by atoms with van der Waals surface area (Å²) in [5.74, 6) is 2.29. The van der Waals surface area contributed by atoms with Crippen LogP contribution < -0.4 is 9.47 Å². The quantitative estimate of drug-likeness (QED) is 0.696. The second kappa shape index (κ2) is 6.99. The van der Waals surface area contributed by atoms with Crippen LogP contribution in [0, 0.1) is 0 Å². The van der Waals surface area contributed by atoms with E-state index in [4.69, 9.17) is 14.0 Å². The number of benzene rings is 2. The number of ether oxygens (including phenoxy) is 2. The van der Waals surface area contributed by atoms with E-state index in [0.717, 1.165) is 11.3 Å². The minimum Gasteiger partial charge on any atom is -0.454 e. The van der Waals surface area contributed by atoms with Gasteiger partial charge in [0.1, 0.15) is 0 Å². The van der Waals surface area contributed by atoms with Gasteiger partial charge in [0.25, 0.3) is 0 Å². The van der Waals surface area contributed by atoms with Crippen molar-refractivity contribution in [2.24, 2.45) is 0 Å². The monoisotopic (exact) mass is 377 g/mol. The van der Waals surface area contributed by atoms with E-state index in [1.165, 1.54) is 12.0 Å². The van der Waals surface area contributed by atoms with Gasteiger partial charge in [-0.1, -0.05) is 41.6 Å². The number of hydrogen-bond acceptors (Lipinski definition) is 6. The predicted octanol–water partition coefficient (Wildman–Crippen LogP) is 2.75. The molecule has 3 heterocycles. The van der Waals surface area contributed by atoms with E-state index in [1.54, 1.807) is 0 Å². The van der Waals surface area contributed by atoms with Crippen LogP contribution in [0.4, 0.5) is 0 Å². The Labute approximate surface area is 161 Å². The summed E-state index contributed by atoms with van der Waals surface area (Å²) >= 11 is 0. The number of amides is 1. The summed E-state index contributed by atoms with van der Waals surface area (Å²) in [5, 5.41) is 4.04. The summed E-state index contributed by atoms with van der Waals surface area (Å²) in [5.41, 5.74) is 2.09. The number of carbonyl (C=O) groups is 1. The van der Waals surface area contributed by atoms with Gasteiger partial charge in [0.05, 0.1) is 6.42 Å². The zero-order valence-corrected chi connectivity index (χ0v) is 15.2. The van der Waals surface area contributed by atoms with Crippen molar-refractivity contribution in [1.82, 2.24) is 15.0 Å². The molecule has 2 aliphatic rings. The molecule has 0 unspecified atom stereocenters. The molecule has 3 aromatic rings. The van der Waals surface area contributed by atoms with Crippen molar-refractivity contribution in [2.75, 3.05) is 19.9 Å². The van der Waals surface area contributed by atoms with E-state index < -0.39 is 0 Å². The van der Waals surface area contributed by atoms with Gasteiger partial charge in [-0.15, -0.1) is 0 Å². The second-order valence-electron chi connectivity index (χ2n) is 7.08. The van der Waals surface area contributed by atoms with E-state index in [2.05, 4.69) is 22.3 Å². The lowest BCUT2D eigenvalue weighted by Crippen LogP contribution is -2.30. The molecule has 1 saturated heterocycles. The second-order valence-corrected chi connectivity index (χ2v) is 7.08. The fourth-order valence-corrected chi connectivity index (χ4v) is 3.99. The molecule has 5 rings (SSSR count). The average molecular weight is 377 g/mol. The Morgan fingerprint density at radius 2 is 1.86 bits per heavy atom. The summed E-state index contributed by atoms with van der Waals surface area (Å²) in [6.07, 6.45) is 1.66. The van der Waals surface area contributed by atoms with Crippen molar-refractivity contribution in [2.45, 2.75) is 18.3 Å². The van der Waals surface area contributed by atoms with E-state index in [1.807, 2.05) is 41.3 Å². The van der Waals surface area contributed by atoms with Gasteiger partial charge >= 0.3 is 0 Å². The molecule has 0 spiro atoms. The normalized spacial score (nSPS) is 20.5. The third kappa shape index (κ3) is 3.09. The van der Waals surface area contributed by atoms with Gasteiger partial charge in [-0.2, -0.15) is 4.98 Å². The third-order valence-electron chi connectivity index (χ3n) is 5.40. The first-order chi connectivity index (χ1) is 13.8. The molecule has 1 fully saturated rings. The number of rotatable bonds is 4. The molecule has 0 radical (unpaired) electrons. The van der Waals surface area contributed by atoms with Crippen LogP contribution in [0.3, 0.4) is 0 Å². The summed E-state index contributed by atoms with van der Waals surface area (Å²) in [6.45, 7) is 1.43. The van der Waals surface area contributed by atoms with Crippen molar-refractivity contribution in [1.29, 1.82) is 0 Å². The van der Waals surface area contributed by atoms with Gasteiger partial charge in [-0.05, 0) is 23.3 Å². The highest BCUT2D eigenvalue weighted by atomic mass is 16.7. The number of fused-ring (bicyclic) bond motifs is 1. The molecule has 0 bridgehead atoms. The molecule has 1 aromatic heterocycles. The van der Waals surface area contributed by atoms with Crippen LogP contribution in [0.15, 0.2) is 59.4 Å². The van der Waals surface area contributed by atoms with Crippen LogP contribution in [-0.2, 0) is 11.2 Å². The molecule has 2 atom stereocenters. The molecule has 28 heavy (non-hydrogen) atoms. The fourth-order valence-electron chi connectivity index (χ4n) is 3.99. The highest BCUT2D eigenvalue weighted by Gasteiger charge is 2.39. The predicted molar refractivity (Wildman–Crippen MR) is 99.1 cm³/mol. The Morgan fingerprint density at radius 3 is 2.68 bits per heavy atom. The number of nitrogens with zero attached hydrogens (tertiary/aromatic N) is 3. The highest BCUT2D eigenvalue weighted by molar-refractivity contribution is 5.79. The van der Waals surface area contributed by atoms with Crippen LogP contribution in [0.25, 0.3) is 0 Å². The fraction of sp³-hybridized carbons (Fsp3) is 0.286. The summed E-state index contributed by atoms with van der Waals surface area (Å²) < 4.78 is 15.7. The standard InChI is InChI=1S/C21H19N3O4/c25-20(9-14-6-7-18-19(8-14)27-13-26-18)24-10-16(15-4-2-1-3-5-15)17(11-24)21-22-12-28-23-21/h1-8,12,16-17H,9-11,13H2/t16-,17-/m0/s1. The average Bonchev–Trinajstić information content (AvgIpc) is 3.47. The largest absolute Gasteiger partial charge is 0.454 e. The topological polar surface area (TPSA) is 77.7 Å². The molecular formula is C21H19N3O4. The Hall–Kier alpha value is -3.35. The van der Waals surface area contributed by atoms with Crippen LogP contribution in [0.1, 0.15) is 28.8 Å².